The van der Waals surface area contributed by atoms with Gasteiger partial charge >= 0.3 is 0 Å². The quantitative estimate of drug-likeness (QED) is 0.650. The molecular weight excluding hydrogens is 360 g/mol. The zero-order chi connectivity index (χ0) is 16.9. The largest absolute Gasteiger partial charge is 0.295 e. The van der Waals surface area contributed by atoms with E-state index in [-0.39, 0.29) is 10.8 Å². The van der Waals surface area contributed by atoms with Crippen molar-refractivity contribution < 1.29 is 38.9 Å². The maximum atomic E-state index is 11.3. The van der Waals surface area contributed by atoms with Crippen molar-refractivity contribution in [1.82, 2.24) is 0 Å². The summed E-state index contributed by atoms with van der Waals surface area (Å²) >= 11 is 0. The van der Waals surface area contributed by atoms with Gasteiger partial charge in [0.1, 0.15) is 9.79 Å². The summed E-state index contributed by atoms with van der Waals surface area (Å²) in [5.74, 6) is 0. The van der Waals surface area contributed by atoms with Gasteiger partial charge in [-0.05, 0) is 23.6 Å². The van der Waals surface area contributed by atoms with E-state index < -0.39 is 45.0 Å². The van der Waals surface area contributed by atoms with Crippen molar-refractivity contribution in [2.45, 2.75) is 14.7 Å². The first-order valence-corrected chi connectivity index (χ1v) is 9.55. The molecule has 9 nitrogen and oxygen atoms in total. The molecule has 0 heterocycles. The Hall–Kier alpha value is -1.57. The minimum atomic E-state index is -4.87. The Morgan fingerprint density at radius 2 is 1.36 bits per heavy atom. The molecule has 0 fully saturated rings. The molecule has 0 unspecified atom stereocenters. The summed E-state index contributed by atoms with van der Waals surface area (Å²) in [6.45, 7) is 0. The van der Waals surface area contributed by atoms with Crippen molar-refractivity contribution in [3.63, 3.8) is 0 Å². The van der Waals surface area contributed by atoms with Crippen LogP contribution in [0.5, 0.6) is 0 Å². The Bertz CT molecular complexity index is 1070. The summed E-state index contributed by atoms with van der Waals surface area (Å²) in [4.78, 5) is -2.50. The second-order valence-corrected chi connectivity index (χ2v) is 8.33. The maximum Gasteiger partial charge on any atom is 0.295 e. The third kappa shape index (κ3) is 3.26. The van der Waals surface area contributed by atoms with Crippen molar-refractivity contribution in [3.05, 3.63) is 30.3 Å². The molecule has 0 saturated carbocycles. The van der Waals surface area contributed by atoms with Crippen LogP contribution in [0.15, 0.2) is 39.0 Å². The number of hydrogen-bond donors (Lipinski definition) is 3. The van der Waals surface area contributed by atoms with Crippen molar-refractivity contribution in [2.24, 2.45) is 0 Å². The van der Waals surface area contributed by atoms with E-state index in [2.05, 4.69) is 6.07 Å². The summed E-state index contributed by atoms with van der Waals surface area (Å²) < 4.78 is 94.0. The highest BCUT2D eigenvalue weighted by atomic mass is 32.2. The molecule has 0 aromatic heterocycles. The van der Waals surface area contributed by atoms with Crippen LogP contribution in [-0.2, 0) is 30.4 Å². The normalized spacial score (nSPS) is 13.4. The summed E-state index contributed by atoms with van der Waals surface area (Å²) in [7, 11) is -14.4. The van der Waals surface area contributed by atoms with Crippen molar-refractivity contribution in [3.8, 4) is 0 Å². The Balaban J connectivity index is 3.02. The van der Waals surface area contributed by atoms with E-state index in [4.69, 9.17) is 13.7 Å². The van der Waals surface area contributed by atoms with Gasteiger partial charge in [-0.1, -0.05) is 6.07 Å². The molecule has 0 atom stereocenters. The number of hydrogen-bond acceptors (Lipinski definition) is 6. The Labute approximate surface area is 125 Å². The molecule has 0 aliphatic rings. The summed E-state index contributed by atoms with van der Waals surface area (Å²) in [5.41, 5.74) is 0. The van der Waals surface area contributed by atoms with Gasteiger partial charge in [-0.15, -0.1) is 0 Å². The van der Waals surface area contributed by atoms with Crippen LogP contribution in [-0.4, -0.2) is 38.9 Å². The van der Waals surface area contributed by atoms with Crippen LogP contribution in [0.3, 0.4) is 0 Å². The van der Waals surface area contributed by atoms with Gasteiger partial charge in [-0.3, -0.25) is 13.7 Å². The molecule has 22 heavy (non-hydrogen) atoms. The first kappa shape index (κ1) is 16.8. The van der Waals surface area contributed by atoms with Crippen LogP contribution < -0.4 is 0 Å². The van der Waals surface area contributed by atoms with Gasteiger partial charge in [0, 0.05) is 11.5 Å². The van der Waals surface area contributed by atoms with E-state index in [1.807, 2.05) is 0 Å². The summed E-state index contributed by atoms with van der Waals surface area (Å²) in [6, 6.07) is 5.11. The van der Waals surface area contributed by atoms with E-state index >= 15 is 0 Å². The SMILES string of the molecule is O=S(=O)(O)c1[c]c2cc(S(=O)(=O)O)cc(S(=O)(=O)O)c2cc1. The van der Waals surface area contributed by atoms with Gasteiger partial charge in [0.15, 0.2) is 0 Å². The first-order chi connectivity index (χ1) is 9.80. The summed E-state index contributed by atoms with van der Waals surface area (Å²) in [6.07, 6.45) is 0. The molecule has 2 aromatic rings. The molecule has 3 N–H and O–H groups in total. The highest BCUT2D eigenvalue weighted by Gasteiger charge is 2.21. The highest BCUT2D eigenvalue weighted by molar-refractivity contribution is 7.87. The monoisotopic (exact) mass is 367 g/mol. The lowest BCUT2D eigenvalue weighted by Gasteiger charge is -2.07. The molecule has 12 heteroatoms. The Morgan fingerprint density at radius 1 is 0.773 bits per heavy atom. The predicted molar refractivity (Wildman–Crippen MR) is 72.2 cm³/mol. The fraction of sp³-hybridized carbons (Fsp3) is 0. The zero-order valence-electron chi connectivity index (χ0n) is 10.3. The van der Waals surface area contributed by atoms with E-state index in [0.717, 1.165) is 18.2 Å². The lowest BCUT2D eigenvalue weighted by atomic mass is 10.1. The first-order valence-electron chi connectivity index (χ1n) is 5.23. The average molecular weight is 367 g/mol. The third-order valence-electron chi connectivity index (χ3n) is 2.63. The van der Waals surface area contributed by atoms with Crippen molar-refractivity contribution in [1.29, 1.82) is 0 Å². The molecule has 0 spiro atoms. The average Bonchev–Trinajstić information content (AvgIpc) is 2.33. The standard InChI is InChI=1S/C10H7O9S3/c11-20(12,13)7-1-2-9-6(3-7)4-8(21(14,15)16)5-10(9)22(17,18)19/h1-2,4-5H,(H,11,12,13)(H,14,15,16)(H,17,18,19). The van der Waals surface area contributed by atoms with Crippen LogP contribution in [0.1, 0.15) is 0 Å². The molecular formula is C10H7O9S3. The number of fused-ring (bicyclic) bond motifs is 1. The lowest BCUT2D eigenvalue weighted by molar-refractivity contribution is 0.480. The molecule has 1 radical (unpaired) electrons. The molecule has 2 rings (SSSR count). The molecule has 119 valence electrons. The van der Waals surface area contributed by atoms with Crippen LogP contribution in [0.25, 0.3) is 10.8 Å². The predicted octanol–water partition coefficient (Wildman–Crippen LogP) is 0.380. The maximum absolute atomic E-state index is 11.3. The van der Waals surface area contributed by atoms with Gasteiger partial charge < -0.3 is 0 Å². The van der Waals surface area contributed by atoms with E-state index in [0.29, 0.717) is 6.07 Å². The van der Waals surface area contributed by atoms with Crippen molar-refractivity contribution >= 4 is 41.1 Å². The Kier molecular flexibility index (Phi) is 3.80. The molecule has 0 aliphatic heterocycles. The number of benzene rings is 2. The molecule has 0 saturated heterocycles. The Morgan fingerprint density at radius 3 is 1.82 bits per heavy atom. The molecule has 2 aromatic carbocycles. The minimum absolute atomic E-state index is 0.248. The van der Waals surface area contributed by atoms with Crippen molar-refractivity contribution in [2.75, 3.05) is 0 Å². The molecule has 0 amide bonds. The van der Waals surface area contributed by atoms with Gasteiger partial charge in [0.2, 0.25) is 0 Å². The fourth-order valence-electron chi connectivity index (χ4n) is 1.72. The molecule has 0 aliphatic carbocycles. The minimum Gasteiger partial charge on any atom is -0.282 e. The summed E-state index contributed by atoms with van der Waals surface area (Å²) in [5, 5.41) is -0.611. The highest BCUT2D eigenvalue weighted by Crippen LogP contribution is 2.28. The van der Waals surface area contributed by atoms with Crippen LogP contribution >= 0.6 is 0 Å². The van der Waals surface area contributed by atoms with Gasteiger partial charge in [0.25, 0.3) is 30.4 Å². The van der Waals surface area contributed by atoms with E-state index in [9.17, 15) is 25.3 Å². The molecule has 0 bridgehead atoms. The lowest BCUT2D eigenvalue weighted by Crippen LogP contribution is -2.05. The van der Waals surface area contributed by atoms with Gasteiger partial charge in [0.05, 0.1) is 4.90 Å². The van der Waals surface area contributed by atoms with E-state index in [1.165, 1.54) is 0 Å². The van der Waals surface area contributed by atoms with E-state index in [1.54, 1.807) is 0 Å². The third-order valence-corrected chi connectivity index (χ3v) is 5.15. The van der Waals surface area contributed by atoms with Crippen LogP contribution in [0.4, 0.5) is 0 Å². The number of rotatable bonds is 3. The van der Waals surface area contributed by atoms with Gasteiger partial charge in [-0.2, -0.15) is 25.3 Å². The zero-order valence-corrected chi connectivity index (χ0v) is 12.8. The second-order valence-electron chi connectivity index (χ2n) is 4.13. The second kappa shape index (κ2) is 4.97. The smallest absolute Gasteiger partial charge is 0.282 e. The fourth-order valence-corrected chi connectivity index (χ4v) is 3.54. The van der Waals surface area contributed by atoms with Crippen LogP contribution in [0.2, 0.25) is 0 Å². The van der Waals surface area contributed by atoms with Crippen LogP contribution in [0, 0.1) is 6.07 Å². The topological polar surface area (TPSA) is 163 Å². The van der Waals surface area contributed by atoms with Gasteiger partial charge in [-0.25, -0.2) is 0 Å².